The van der Waals surface area contributed by atoms with Crippen LogP contribution < -0.4 is 0 Å². The van der Waals surface area contributed by atoms with Crippen molar-refractivity contribution in [3.8, 4) is 22.7 Å². The molecule has 0 bridgehead atoms. The van der Waals surface area contributed by atoms with E-state index in [1.807, 2.05) is 0 Å². The van der Waals surface area contributed by atoms with Crippen LogP contribution in [-0.2, 0) is 0 Å². The molecule has 2 aromatic carbocycles. The van der Waals surface area contributed by atoms with E-state index in [1.165, 1.54) is 36.2 Å². The topological polar surface area (TPSA) is 76.2 Å². The summed E-state index contributed by atoms with van der Waals surface area (Å²) in [5.74, 6) is -1.03. The van der Waals surface area contributed by atoms with Crippen molar-refractivity contribution >= 4 is 29.3 Å². The number of pyridine rings is 1. The van der Waals surface area contributed by atoms with Crippen LogP contribution >= 0.6 is 23.4 Å². The van der Waals surface area contributed by atoms with Crippen molar-refractivity contribution in [2.45, 2.75) is 17.0 Å². The molecule has 4 aromatic rings. The third-order valence-corrected chi connectivity index (χ3v) is 5.45. The van der Waals surface area contributed by atoms with Crippen molar-refractivity contribution in [1.29, 1.82) is 0 Å². The molecule has 30 heavy (non-hydrogen) atoms. The zero-order valence-electron chi connectivity index (χ0n) is 15.6. The second kappa shape index (κ2) is 8.30. The molecule has 4 rings (SSSR count). The van der Waals surface area contributed by atoms with Crippen molar-refractivity contribution in [2.24, 2.45) is 0 Å². The number of nitrogens with zero attached hydrogens (tertiary/aromatic N) is 2. The first-order valence-electron chi connectivity index (χ1n) is 8.81. The molecule has 0 spiro atoms. The Balaban J connectivity index is 1.80. The predicted octanol–water partition coefficient (Wildman–Crippen LogP) is 6.35. The lowest BCUT2D eigenvalue weighted by Crippen LogP contribution is -1.99. The van der Waals surface area contributed by atoms with Gasteiger partial charge in [-0.15, -0.1) is 0 Å². The normalized spacial score (nSPS) is 10.9. The summed E-state index contributed by atoms with van der Waals surface area (Å²) in [6.07, 6.45) is 1.53. The fourth-order valence-corrected chi connectivity index (χ4v) is 3.77. The van der Waals surface area contributed by atoms with E-state index >= 15 is 0 Å². The highest BCUT2D eigenvalue weighted by atomic mass is 35.5. The molecule has 0 saturated heterocycles. The molecular weight excluding hydrogens is 427 g/mol. The standard InChI is InChI=1S/C22H14ClFN2O3S/c1-12-10-14(4-8-17(12)21(27)28)19-22(30-18-9-5-15(23)11-25-18)29-20(26-19)13-2-6-16(24)7-3-13/h2-11H,1H3,(H,27,28). The van der Waals surface area contributed by atoms with Crippen molar-refractivity contribution < 1.29 is 18.7 Å². The van der Waals surface area contributed by atoms with Crippen LogP contribution in [0.5, 0.6) is 0 Å². The maximum absolute atomic E-state index is 13.3. The summed E-state index contributed by atoms with van der Waals surface area (Å²) in [4.78, 5) is 20.2. The van der Waals surface area contributed by atoms with Crippen molar-refractivity contribution in [3.63, 3.8) is 0 Å². The Morgan fingerprint density at radius 3 is 2.47 bits per heavy atom. The van der Waals surface area contributed by atoms with Gasteiger partial charge < -0.3 is 9.52 Å². The number of benzene rings is 2. The Bertz CT molecular complexity index is 1220. The molecular formula is C22H14ClFN2O3S. The summed E-state index contributed by atoms with van der Waals surface area (Å²) >= 11 is 7.17. The number of aromatic carboxylic acids is 1. The Kier molecular flexibility index (Phi) is 5.57. The minimum atomic E-state index is -0.994. The number of hydrogen-bond acceptors (Lipinski definition) is 5. The average molecular weight is 441 g/mol. The number of rotatable bonds is 5. The monoisotopic (exact) mass is 440 g/mol. The van der Waals surface area contributed by atoms with Gasteiger partial charge in [-0.2, -0.15) is 0 Å². The highest BCUT2D eigenvalue weighted by molar-refractivity contribution is 7.99. The maximum Gasteiger partial charge on any atom is 0.335 e. The van der Waals surface area contributed by atoms with E-state index < -0.39 is 5.97 Å². The Labute approximate surface area is 180 Å². The number of carboxylic acids is 1. The van der Waals surface area contributed by atoms with Gasteiger partial charge in [-0.05, 0) is 72.8 Å². The van der Waals surface area contributed by atoms with Gasteiger partial charge in [-0.1, -0.05) is 17.7 Å². The van der Waals surface area contributed by atoms with Crippen LogP contribution in [0.15, 0.2) is 75.3 Å². The highest BCUT2D eigenvalue weighted by Crippen LogP contribution is 2.39. The fraction of sp³-hybridized carbons (Fsp3) is 0.0455. The first kappa shape index (κ1) is 20.1. The Morgan fingerprint density at radius 2 is 1.83 bits per heavy atom. The fourth-order valence-electron chi connectivity index (χ4n) is 2.84. The molecule has 2 heterocycles. The zero-order valence-corrected chi connectivity index (χ0v) is 17.2. The first-order chi connectivity index (χ1) is 14.4. The van der Waals surface area contributed by atoms with E-state index in [-0.39, 0.29) is 11.4 Å². The quantitative estimate of drug-likeness (QED) is 0.389. The molecule has 0 radical (unpaired) electrons. The van der Waals surface area contributed by atoms with Crippen LogP contribution in [-0.4, -0.2) is 21.0 Å². The number of carboxylic acid groups (broad SMARTS) is 1. The van der Waals surface area contributed by atoms with Crippen molar-refractivity contribution in [1.82, 2.24) is 9.97 Å². The first-order valence-corrected chi connectivity index (χ1v) is 10.0. The second-order valence-corrected chi connectivity index (χ2v) is 7.84. The van der Waals surface area contributed by atoms with E-state index in [4.69, 9.17) is 16.0 Å². The molecule has 0 atom stereocenters. The zero-order chi connectivity index (χ0) is 21.3. The summed E-state index contributed by atoms with van der Waals surface area (Å²) in [7, 11) is 0. The van der Waals surface area contributed by atoms with Crippen LogP contribution in [0.1, 0.15) is 15.9 Å². The van der Waals surface area contributed by atoms with Crippen molar-refractivity contribution in [3.05, 3.63) is 82.8 Å². The Morgan fingerprint density at radius 1 is 1.10 bits per heavy atom. The SMILES string of the molecule is Cc1cc(-c2nc(-c3ccc(F)cc3)oc2Sc2ccc(Cl)cn2)ccc1C(=O)O. The van der Waals surface area contributed by atoms with Gasteiger partial charge in [0.2, 0.25) is 5.89 Å². The molecule has 0 aliphatic rings. The summed E-state index contributed by atoms with van der Waals surface area (Å²) in [5, 5.41) is 10.9. The number of carbonyl (C=O) groups is 1. The van der Waals surface area contributed by atoms with E-state index in [0.29, 0.717) is 43.4 Å². The van der Waals surface area contributed by atoms with E-state index in [1.54, 1.807) is 43.3 Å². The average Bonchev–Trinajstić information content (AvgIpc) is 3.13. The second-order valence-electron chi connectivity index (χ2n) is 6.41. The molecule has 0 amide bonds. The largest absolute Gasteiger partial charge is 0.478 e. The molecule has 0 saturated carbocycles. The molecule has 0 aliphatic carbocycles. The van der Waals surface area contributed by atoms with Crippen LogP contribution in [0.4, 0.5) is 4.39 Å². The van der Waals surface area contributed by atoms with E-state index in [9.17, 15) is 14.3 Å². The number of oxazole rings is 1. The minimum absolute atomic E-state index is 0.217. The number of halogens is 2. The van der Waals surface area contributed by atoms with Crippen LogP contribution in [0.2, 0.25) is 5.02 Å². The Hall–Kier alpha value is -3.16. The smallest absolute Gasteiger partial charge is 0.335 e. The van der Waals surface area contributed by atoms with E-state index in [0.717, 1.165) is 0 Å². The molecule has 8 heteroatoms. The lowest BCUT2D eigenvalue weighted by Gasteiger charge is -2.05. The van der Waals surface area contributed by atoms with Gasteiger partial charge in [0.25, 0.3) is 0 Å². The molecule has 2 aromatic heterocycles. The van der Waals surface area contributed by atoms with Gasteiger partial charge in [-0.3, -0.25) is 0 Å². The number of hydrogen-bond donors (Lipinski definition) is 1. The van der Waals surface area contributed by atoms with Gasteiger partial charge >= 0.3 is 5.97 Å². The number of aryl methyl sites for hydroxylation is 1. The summed E-state index contributed by atoms with van der Waals surface area (Å²) < 4.78 is 19.3. The predicted molar refractivity (Wildman–Crippen MR) is 112 cm³/mol. The minimum Gasteiger partial charge on any atom is -0.478 e. The number of aromatic nitrogens is 2. The van der Waals surface area contributed by atoms with Gasteiger partial charge in [0.15, 0.2) is 5.09 Å². The van der Waals surface area contributed by atoms with Crippen LogP contribution in [0.25, 0.3) is 22.7 Å². The third-order valence-electron chi connectivity index (χ3n) is 4.32. The lowest BCUT2D eigenvalue weighted by atomic mass is 10.0. The van der Waals surface area contributed by atoms with Gasteiger partial charge in [0.05, 0.1) is 10.6 Å². The van der Waals surface area contributed by atoms with Gasteiger partial charge in [0.1, 0.15) is 16.5 Å². The maximum atomic E-state index is 13.3. The van der Waals surface area contributed by atoms with Gasteiger partial charge in [0, 0.05) is 17.3 Å². The van der Waals surface area contributed by atoms with Gasteiger partial charge in [-0.25, -0.2) is 19.2 Å². The van der Waals surface area contributed by atoms with E-state index in [2.05, 4.69) is 9.97 Å². The molecule has 1 N–H and O–H groups in total. The molecule has 150 valence electrons. The van der Waals surface area contributed by atoms with Crippen LogP contribution in [0, 0.1) is 12.7 Å². The van der Waals surface area contributed by atoms with Crippen LogP contribution in [0.3, 0.4) is 0 Å². The van der Waals surface area contributed by atoms with Crippen molar-refractivity contribution in [2.75, 3.05) is 0 Å². The molecule has 0 aliphatic heterocycles. The molecule has 0 unspecified atom stereocenters. The summed E-state index contributed by atoms with van der Waals surface area (Å²) in [6, 6.07) is 14.3. The lowest BCUT2D eigenvalue weighted by molar-refractivity contribution is 0.0696. The highest BCUT2D eigenvalue weighted by Gasteiger charge is 2.19. The summed E-state index contributed by atoms with van der Waals surface area (Å²) in [5.41, 5.74) is 2.68. The summed E-state index contributed by atoms with van der Waals surface area (Å²) in [6.45, 7) is 1.72. The third kappa shape index (κ3) is 4.22. The molecule has 5 nitrogen and oxygen atoms in total. The molecule has 0 fully saturated rings.